The average molecular weight is 336 g/mol. The molecule has 2 aromatic carbocycles. The van der Waals surface area contributed by atoms with E-state index in [0.717, 1.165) is 6.07 Å². The van der Waals surface area contributed by atoms with E-state index >= 15 is 0 Å². The molecule has 0 saturated carbocycles. The number of aromatic carboxylic acids is 1. The molecule has 4 N–H and O–H groups in total. The van der Waals surface area contributed by atoms with Gasteiger partial charge in [-0.2, -0.15) is 0 Å². The van der Waals surface area contributed by atoms with Gasteiger partial charge in [0.25, 0.3) is 10.0 Å². The van der Waals surface area contributed by atoms with Gasteiger partial charge in [-0.15, -0.1) is 0 Å². The normalized spacial score (nSPS) is 11.0. The number of para-hydroxylation sites is 1. The van der Waals surface area contributed by atoms with Gasteiger partial charge in [0.15, 0.2) is 0 Å². The Morgan fingerprint density at radius 2 is 1.78 bits per heavy atom. The zero-order chi connectivity index (χ0) is 16.9. The fraction of sp³-hybridized carbons (Fsp3) is 0.133. The monoisotopic (exact) mass is 336 g/mol. The summed E-state index contributed by atoms with van der Waals surface area (Å²) >= 11 is 0. The molecule has 0 spiro atoms. The fourth-order valence-corrected chi connectivity index (χ4v) is 3.02. The number of aliphatic hydroxyl groups is 1. The van der Waals surface area contributed by atoms with Gasteiger partial charge in [0.2, 0.25) is 0 Å². The maximum Gasteiger partial charge on any atom is 0.337 e. The molecule has 0 fully saturated rings. The highest BCUT2D eigenvalue weighted by Crippen LogP contribution is 2.22. The highest BCUT2D eigenvalue weighted by Gasteiger charge is 2.19. The lowest BCUT2D eigenvalue weighted by molar-refractivity contribution is 0.0697. The lowest BCUT2D eigenvalue weighted by atomic mass is 10.2. The maximum atomic E-state index is 12.3. The largest absolute Gasteiger partial charge is 0.478 e. The summed E-state index contributed by atoms with van der Waals surface area (Å²) in [6.07, 6.45) is 0. The Balaban J connectivity index is 2.35. The lowest BCUT2D eigenvalue weighted by Crippen LogP contribution is -2.15. The Morgan fingerprint density at radius 1 is 1.09 bits per heavy atom. The number of carboxylic acids is 1. The molecule has 0 atom stereocenters. The van der Waals surface area contributed by atoms with Crippen LogP contribution in [0.15, 0.2) is 53.4 Å². The van der Waals surface area contributed by atoms with Crippen LogP contribution in [0, 0.1) is 0 Å². The van der Waals surface area contributed by atoms with Gasteiger partial charge < -0.3 is 15.5 Å². The maximum absolute atomic E-state index is 12.3. The number of aliphatic hydroxyl groups excluding tert-OH is 1. The van der Waals surface area contributed by atoms with Crippen molar-refractivity contribution in [2.45, 2.75) is 4.90 Å². The number of hydrogen-bond acceptors (Lipinski definition) is 5. The van der Waals surface area contributed by atoms with Crippen LogP contribution in [0.3, 0.4) is 0 Å². The molecule has 2 aromatic rings. The molecule has 0 radical (unpaired) electrons. The number of nitrogens with one attached hydrogen (secondary N) is 2. The van der Waals surface area contributed by atoms with E-state index < -0.39 is 16.0 Å². The quantitative estimate of drug-likeness (QED) is 0.610. The first-order valence-corrected chi connectivity index (χ1v) is 8.22. The molecule has 23 heavy (non-hydrogen) atoms. The van der Waals surface area contributed by atoms with Crippen LogP contribution in [0.4, 0.5) is 11.4 Å². The predicted molar refractivity (Wildman–Crippen MR) is 86.2 cm³/mol. The second kappa shape index (κ2) is 7.12. The van der Waals surface area contributed by atoms with Crippen molar-refractivity contribution in [3.8, 4) is 0 Å². The van der Waals surface area contributed by atoms with E-state index in [9.17, 15) is 18.3 Å². The van der Waals surface area contributed by atoms with E-state index in [1.54, 1.807) is 30.3 Å². The van der Waals surface area contributed by atoms with Crippen molar-refractivity contribution < 1.29 is 23.4 Å². The minimum absolute atomic E-state index is 0.159. The summed E-state index contributed by atoms with van der Waals surface area (Å²) < 4.78 is 27.1. The summed E-state index contributed by atoms with van der Waals surface area (Å²) in [5, 5.41) is 20.7. The number of carboxylic acid groups (broad SMARTS) is 1. The van der Waals surface area contributed by atoms with Gasteiger partial charge in [-0.3, -0.25) is 4.72 Å². The second-order valence-electron chi connectivity index (χ2n) is 4.63. The standard InChI is InChI=1S/C15H16N2O5S/c18-9-8-16-14-7-6-12(10-13(14)15(19)20)23(21,22)17-11-4-2-1-3-5-11/h1-7,10,16-18H,8-9H2,(H,19,20). The Kier molecular flexibility index (Phi) is 5.20. The molecular formula is C15H16N2O5S. The van der Waals surface area contributed by atoms with E-state index in [2.05, 4.69) is 10.0 Å². The number of hydrogen-bond donors (Lipinski definition) is 4. The summed E-state index contributed by atoms with van der Waals surface area (Å²) in [5.41, 5.74) is 0.437. The number of anilines is 2. The van der Waals surface area contributed by atoms with Gasteiger partial charge in [-0.1, -0.05) is 18.2 Å². The van der Waals surface area contributed by atoms with Crippen molar-refractivity contribution in [1.82, 2.24) is 0 Å². The zero-order valence-electron chi connectivity index (χ0n) is 12.1. The molecule has 2 rings (SSSR count). The van der Waals surface area contributed by atoms with Crippen LogP contribution in [-0.4, -0.2) is 37.8 Å². The van der Waals surface area contributed by atoms with Crippen LogP contribution in [0.1, 0.15) is 10.4 Å². The Hall–Kier alpha value is -2.58. The third kappa shape index (κ3) is 4.21. The van der Waals surface area contributed by atoms with Crippen molar-refractivity contribution >= 4 is 27.4 Å². The van der Waals surface area contributed by atoms with E-state index in [1.807, 2.05) is 0 Å². The summed E-state index contributed by atoms with van der Waals surface area (Å²) in [6.45, 7) is -0.0106. The van der Waals surface area contributed by atoms with E-state index in [-0.39, 0.29) is 29.3 Å². The molecule has 0 unspecified atom stereocenters. The van der Waals surface area contributed by atoms with Crippen LogP contribution in [0.5, 0.6) is 0 Å². The highest BCUT2D eigenvalue weighted by atomic mass is 32.2. The van der Waals surface area contributed by atoms with Gasteiger partial charge in [-0.05, 0) is 30.3 Å². The van der Waals surface area contributed by atoms with Gasteiger partial charge in [-0.25, -0.2) is 13.2 Å². The molecule has 0 amide bonds. The molecule has 0 aliphatic rings. The van der Waals surface area contributed by atoms with E-state index in [1.165, 1.54) is 12.1 Å². The third-order valence-electron chi connectivity index (χ3n) is 2.99. The topological polar surface area (TPSA) is 116 Å². The van der Waals surface area contributed by atoms with Crippen LogP contribution in [-0.2, 0) is 10.0 Å². The minimum Gasteiger partial charge on any atom is -0.478 e. The van der Waals surface area contributed by atoms with Crippen molar-refractivity contribution in [2.75, 3.05) is 23.2 Å². The van der Waals surface area contributed by atoms with Gasteiger partial charge in [0.1, 0.15) is 0 Å². The molecule has 0 aliphatic carbocycles. The Labute approximate surface area is 133 Å². The Bertz CT molecular complexity index is 791. The summed E-state index contributed by atoms with van der Waals surface area (Å²) in [4.78, 5) is 11.1. The number of benzene rings is 2. The van der Waals surface area contributed by atoms with Crippen molar-refractivity contribution in [2.24, 2.45) is 0 Å². The van der Waals surface area contributed by atoms with Crippen molar-refractivity contribution in [3.63, 3.8) is 0 Å². The number of sulfonamides is 1. The third-order valence-corrected chi connectivity index (χ3v) is 4.36. The van der Waals surface area contributed by atoms with E-state index in [4.69, 9.17) is 5.11 Å². The molecule has 7 nitrogen and oxygen atoms in total. The number of rotatable bonds is 7. The minimum atomic E-state index is -3.90. The molecule has 0 bridgehead atoms. The molecule has 0 heterocycles. The first kappa shape index (κ1) is 16.8. The van der Waals surface area contributed by atoms with Crippen LogP contribution >= 0.6 is 0 Å². The van der Waals surface area contributed by atoms with Crippen LogP contribution in [0.2, 0.25) is 0 Å². The zero-order valence-corrected chi connectivity index (χ0v) is 12.9. The van der Waals surface area contributed by atoms with E-state index in [0.29, 0.717) is 5.69 Å². The summed E-state index contributed by atoms with van der Waals surface area (Å²) in [7, 11) is -3.90. The van der Waals surface area contributed by atoms with Gasteiger partial charge >= 0.3 is 5.97 Å². The smallest absolute Gasteiger partial charge is 0.337 e. The second-order valence-corrected chi connectivity index (χ2v) is 6.32. The predicted octanol–water partition coefficient (Wildman–Crippen LogP) is 1.59. The van der Waals surface area contributed by atoms with Crippen molar-refractivity contribution in [1.29, 1.82) is 0 Å². The van der Waals surface area contributed by atoms with Crippen molar-refractivity contribution in [3.05, 3.63) is 54.1 Å². The van der Waals surface area contributed by atoms with Gasteiger partial charge in [0.05, 0.1) is 17.1 Å². The highest BCUT2D eigenvalue weighted by molar-refractivity contribution is 7.92. The molecule has 0 aliphatic heterocycles. The Morgan fingerprint density at radius 3 is 2.39 bits per heavy atom. The lowest BCUT2D eigenvalue weighted by Gasteiger charge is -2.12. The van der Waals surface area contributed by atoms with Gasteiger partial charge in [0, 0.05) is 17.9 Å². The fourth-order valence-electron chi connectivity index (χ4n) is 1.93. The average Bonchev–Trinajstić information content (AvgIpc) is 2.53. The number of carbonyl (C=O) groups is 1. The summed E-state index contributed by atoms with van der Waals surface area (Å²) in [6, 6.07) is 12.0. The molecule has 122 valence electrons. The summed E-state index contributed by atoms with van der Waals surface area (Å²) in [5.74, 6) is -1.26. The first-order valence-electron chi connectivity index (χ1n) is 6.74. The SMILES string of the molecule is O=C(O)c1cc(S(=O)(=O)Nc2ccccc2)ccc1NCCO. The van der Waals surface area contributed by atoms with Crippen LogP contribution < -0.4 is 10.0 Å². The first-order chi connectivity index (χ1) is 10.9. The van der Waals surface area contributed by atoms with Crippen LogP contribution in [0.25, 0.3) is 0 Å². The molecule has 0 saturated heterocycles. The molecule has 0 aromatic heterocycles. The molecule has 8 heteroatoms. The molecular weight excluding hydrogens is 320 g/mol.